The summed E-state index contributed by atoms with van der Waals surface area (Å²) in [5, 5.41) is 0.568. The fraction of sp³-hybridized carbons (Fsp3) is 0.348. The van der Waals surface area contributed by atoms with E-state index in [1.54, 1.807) is 18.2 Å². The summed E-state index contributed by atoms with van der Waals surface area (Å²) in [6.07, 6.45) is 5.79. The quantitative estimate of drug-likeness (QED) is 0.448. The second-order valence-corrected chi connectivity index (χ2v) is 8.43. The first-order valence-corrected chi connectivity index (χ1v) is 10.3. The van der Waals surface area contributed by atoms with E-state index in [4.69, 9.17) is 17.3 Å². The van der Waals surface area contributed by atoms with Crippen LogP contribution >= 0.6 is 11.6 Å². The molecule has 0 aliphatic carbocycles. The van der Waals surface area contributed by atoms with Crippen LogP contribution in [0.25, 0.3) is 0 Å². The first-order chi connectivity index (χ1) is 13.9. The Hall–Kier alpha value is -2.37. The second-order valence-electron chi connectivity index (χ2n) is 8.02. The number of aryl methyl sites for hydroxylation is 1. The SMILES string of the molecule is Cc1cc(C(=O)C=CN2C3CCC2CN(Cc2ccc(F)cc2)C3)c(N)cc1Cl. The van der Waals surface area contributed by atoms with E-state index < -0.39 is 0 Å². The topological polar surface area (TPSA) is 49.6 Å². The van der Waals surface area contributed by atoms with E-state index in [1.165, 1.54) is 12.1 Å². The molecule has 2 unspecified atom stereocenters. The molecule has 2 fully saturated rings. The highest BCUT2D eigenvalue weighted by molar-refractivity contribution is 6.32. The second kappa shape index (κ2) is 8.17. The molecule has 29 heavy (non-hydrogen) atoms. The van der Waals surface area contributed by atoms with Gasteiger partial charge in [-0.2, -0.15) is 0 Å². The van der Waals surface area contributed by atoms with Crippen molar-refractivity contribution in [1.29, 1.82) is 0 Å². The molecule has 152 valence electrons. The maximum atomic E-state index is 13.1. The van der Waals surface area contributed by atoms with E-state index in [9.17, 15) is 9.18 Å². The van der Waals surface area contributed by atoms with Crippen LogP contribution in [-0.4, -0.2) is 40.8 Å². The summed E-state index contributed by atoms with van der Waals surface area (Å²) in [6.45, 7) is 4.57. The van der Waals surface area contributed by atoms with Gasteiger partial charge in [0.15, 0.2) is 5.78 Å². The Labute approximate surface area is 175 Å². The van der Waals surface area contributed by atoms with Gasteiger partial charge in [-0.1, -0.05) is 23.7 Å². The molecule has 2 saturated heterocycles. The monoisotopic (exact) mass is 413 g/mol. The summed E-state index contributed by atoms with van der Waals surface area (Å²) in [5.41, 5.74) is 8.84. The molecule has 4 nitrogen and oxygen atoms in total. The van der Waals surface area contributed by atoms with Gasteiger partial charge in [0.25, 0.3) is 0 Å². The summed E-state index contributed by atoms with van der Waals surface area (Å²) in [4.78, 5) is 17.4. The lowest BCUT2D eigenvalue weighted by molar-refractivity contribution is 0.0967. The maximum absolute atomic E-state index is 13.1. The molecular weight excluding hydrogens is 389 g/mol. The van der Waals surface area contributed by atoms with Gasteiger partial charge in [0, 0.05) is 60.3 Å². The van der Waals surface area contributed by atoms with Gasteiger partial charge in [-0.15, -0.1) is 0 Å². The molecule has 2 atom stereocenters. The molecule has 2 aliphatic heterocycles. The molecule has 4 rings (SSSR count). The van der Waals surface area contributed by atoms with Crippen LogP contribution in [0, 0.1) is 12.7 Å². The Kier molecular flexibility index (Phi) is 5.61. The predicted octanol–water partition coefficient (Wildman–Crippen LogP) is 4.41. The maximum Gasteiger partial charge on any atom is 0.189 e. The average Bonchev–Trinajstić information content (AvgIpc) is 2.93. The number of fused-ring (bicyclic) bond motifs is 2. The number of piperazine rings is 1. The summed E-state index contributed by atoms with van der Waals surface area (Å²) in [5.74, 6) is -0.305. The van der Waals surface area contributed by atoms with Gasteiger partial charge in [-0.25, -0.2) is 4.39 Å². The minimum Gasteiger partial charge on any atom is -0.398 e. The van der Waals surface area contributed by atoms with E-state index in [2.05, 4.69) is 9.80 Å². The molecule has 0 saturated carbocycles. The number of carbonyl (C=O) groups is 1. The summed E-state index contributed by atoms with van der Waals surface area (Å²) in [7, 11) is 0. The highest BCUT2D eigenvalue weighted by Crippen LogP contribution is 2.31. The van der Waals surface area contributed by atoms with Crippen LogP contribution in [0.3, 0.4) is 0 Å². The number of anilines is 1. The molecule has 2 aromatic carbocycles. The molecule has 0 spiro atoms. The molecule has 2 aromatic rings. The van der Waals surface area contributed by atoms with Gasteiger partial charge in [0.05, 0.1) is 0 Å². The first kappa shape index (κ1) is 19.9. The minimum atomic E-state index is -0.204. The Morgan fingerprint density at radius 2 is 1.86 bits per heavy atom. The number of ketones is 1. The first-order valence-electron chi connectivity index (χ1n) is 9.93. The van der Waals surface area contributed by atoms with Crippen molar-refractivity contribution in [3.05, 3.63) is 76.2 Å². The van der Waals surface area contributed by atoms with Gasteiger partial charge < -0.3 is 10.6 Å². The average molecular weight is 414 g/mol. The Bertz CT molecular complexity index is 930. The van der Waals surface area contributed by atoms with Gasteiger partial charge in [-0.3, -0.25) is 9.69 Å². The zero-order chi connectivity index (χ0) is 20.5. The molecule has 0 aromatic heterocycles. The van der Waals surface area contributed by atoms with E-state index >= 15 is 0 Å². The largest absolute Gasteiger partial charge is 0.398 e. The molecular formula is C23H25ClFN3O. The Morgan fingerprint density at radius 3 is 2.52 bits per heavy atom. The number of nitrogens with two attached hydrogens (primary N) is 1. The molecule has 0 radical (unpaired) electrons. The van der Waals surface area contributed by atoms with Crippen molar-refractivity contribution >= 4 is 23.1 Å². The third-order valence-electron chi connectivity index (χ3n) is 5.93. The Morgan fingerprint density at radius 1 is 1.21 bits per heavy atom. The molecule has 2 bridgehead atoms. The summed E-state index contributed by atoms with van der Waals surface area (Å²) < 4.78 is 13.1. The van der Waals surface area contributed by atoms with Crippen LogP contribution in [-0.2, 0) is 6.54 Å². The van der Waals surface area contributed by atoms with Crippen molar-refractivity contribution in [2.24, 2.45) is 0 Å². The van der Waals surface area contributed by atoms with E-state index in [1.807, 2.05) is 25.3 Å². The van der Waals surface area contributed by atoms with Crippen LogP contribution in [0.1, 0.15) is 34.3 Å². The smallest absolute Gasteiger partial charge is 0.189 e. The van der Waals surface area contributed by atoms with Crippen molar-refractivity contribution in [2.75, 3.05) is 18.8 Å². The van der Waals surface area contributed by atoms with Crippen LogP contribution < -0.4 is 5.73 Å². The lowest BCUT2D eigenvalue weighted by Gasteiger charge is -2.40. The van der Waals surface area contributed by atoms with Crippen LogP contribution in [0.5, 0.6) is 0 Å². The minimum absolute atomic E-state index is 0.101. The van der Waals surface area contributed by atoms with Crippen molar-refractivity contribution in [3.63, 3.8) is 0 Å². The molecule has 0 amide bonds. The van der Waals surface area contributed by atoms with Crippen LogP contribution in [0.4, 0.5) is 10.1 Å². The number of likely N-dealkylation sites (tertiary alicyclic amines) is 1. The number of benzene rings is 2. The molecule has 2 N–H and O–H groups in total. The number of carbonyl (C=O) groups excluding carboxylic acids is 1. The van der Waals surface area contributed by atoms with Gasteiger partial charge in [0.2, 0.25) is 0 Å². The van der Waals surface area contributed by atoms with Crippen molar-refractivity contribution in [2.45, 2.75) is 38.4 Å². The highest BCUT2D eigenvalue weighted by atomic mass is 35.5. The predicted molar refractivity (Wildman–Crippen MR) is 114 cm³/mol. The molecule has 2 heterocycles. The zero-order valence-electron chi connectivity index (χ0n) is 16.4. The van der Waals surface area contributed by atoms with Crippen LogP contribution in [0.2, 0.25) is 5.02 Å². The number of hydrogen-bond acceptors (Lipinski definition) is 4. The van der Waals surface area contributed by atoms with Gasteiger partial charge in [-0.05, 0) is 55.2 Å². The fourth-order valence-electron chi connectivity index (χ4n) is 4.40. The number of allylic oxidation sites excluding steroid dienone is 1. The Balaban J connectivity index is 1.41. The van der Waals surface area contributed by atoms with E-state index in [0.29, 0.717) is 28.4 Å². The van der Waals surface area contributed by atoms with Crippen LogP contribution in [0.15, 0.2) is 48.7 Å². The van der Waals surface area contributed by atoms with E-state index in [0.717, 1.165) is 43.6 Å². The lowest BCUT2D eigenvalue weighted by Crippen LogP contribution is -2.50. The molecule has 2 aliphatic rings. The lowest BCUT2D eigenvalue weighted by atomic mass is 10.1. The number of hydrogen-bond donors (Lipinski definition) is 1. The van der Waals surface area contributed by atoms with Gasteiger partial charge in [0.1, 0.15) is 5.82 Å². The number of nitrogen functional groups attached to an aromatic ring is 1. The van der Waals surface area contributed by atoms with Crippen molar-refractivity contribution in [3.8, 4) is 0 Å². The van der Waals surface area contributed by atoms with Gasteiger partial charge >= 0.3 is 0 Å². The van der Waals surface area contributed by atoms with Crippen molar-refractivity contribution < 1.29 is 9.18 Å². The zero-order valence-corrected chi connectivity index (χ0v) is 17.2. The summed E-state index contributed by atoms with van der Waals surface area (Å²) >= 11 is 6.07. The number of nitrogens with zero attached hydrogens (tertiary/aromatic N) is 2. The normalized spacial score (nSPS) is 21.8. The number of halogens is 2. The third kappa shape index (κ3) is 4.31. The third-order valence-corrected chi connectivity index (χ3v) is 6.34. The highest BCUT2D eigenvalue weighted by Gasteiger charge is 2.38. The van der Waals surface area contributed by atoms with Crippen molar-refractivity contribution in [1.82, 2.24) is 9.80 Å². The van der Waals surface area contributed by atoms with E-state index in [-0.39, 0.29) is 11.6 Å². The molecule has 6 heteroatoms. The number of rotatable bonds is 5. The summed E-state index contributed by atoms with van der Waals surface area (Å²) in [6, 6.07) is 10.9. The fourth-order valence-corrected chi connectivity index (χ4v) is 4.57. The standard InChI is InChI=1S/C23H25ClFN3O/c1-15-10-20(22(26)11-21(15)24)23(29)8-9-28-18-6-7-19(28)14-27(13-18)12-16-2-4-17(25)5-3-16/h2-5,8-11,18-19H,6-7,12-14,26H2,1H3.